The molecule has 154 valence electrons. The third-order valence-corrected chi connectivity index (χ3v) is 3.88. The van der Waals surface area contributed by atoms with Gasteiger partial charge in [-0.15, -0.1) is 6.58 Å². The fourth-order valence-corrected chi connectivity index (χ4v) is 2.84. The van der Waals surface area contributed by atoms with Gasteiger partial charge in [0.25, 0.3) is 0 Å². The summed E-state index contributed by atoms with van der Waals surface area (Å²) in [5.74, 6) is -0.637. The minimum absolute atomic E-state index is 0.0696. The Morgan fingerprint density at radius 1 is 1.00 bits per heavy atom. The molecule has 1 heterocycles. The number of hydrogen-bond donors (Lipinski definition) is 0. The number of carbonyl (C=O) groups is 3. The van der Waals surface area contributed by atoms with Crippen LogP contribution in [0.25, 0.3) is 0 Å². The Kier molecular flexibility index (Phi) is 6.91. The summed E-state index contributed by atoms with van der Waals surface area (Å²) >= 11 is 0. The van der Waals surface area contributed by atoms with Gasteiger partial charge >= 0.3 is 18.2 Å². The number of carbonyl (C=O) groups excluding carboxylic acids is 3. The normalized spacial score (nSPS) is 20.7. The van der Waals surface area contributed by atoms with Gasteiger partial charge in [-0.3, -0.25) is 4.90 Å². The Hall–Kier alpha value is -2.25. The second kappa shape index (κ2) is 8.19. The summed E-state index contributed by atoms with van der Waals surface area (Å²) in [5, 5.41) is 0. The lowest BCUT2D eigenvalue weighted by atomic mass is 9.90. The minimum Gasteiger partial charge on any atom is -0.467 e. The molecule has 0 saturated carbocycles. The first-order valence-electron chi connectivity index (χ1n) is 8.93. The first kappa shape index (κ1) is 22.8. The van der Waals surface area contributed by atoms with E-state index in [1.807, 2.05) is 0 Å². The van der Waals surface area contributed by atoms with Crippen molar-refractivity contribution in [1.29, 1.82) is 0 Å². The molecule has 0 radical (unpaired) electrons. The number of nitrogens with zero attached hydrogens (tertiary/aromatic N) is 2. The monoisotopic (exact) mass is 384 g/mol. The highest BCUT2D eigenvalue weighted by molar-refractivity contribution is 5.87. The van der Waals surface area contributed by atoms with Crippen LogP contribution in [0, 0.1) is 0 Å². The van der Waals surface area contributed by atoms with Crippen LogP contribution in [0.5, 0.6) is 0 Å². The van der Waals surface area contributed by atoms with Crippen LogP contribution in [0.3, 0.4) is 0 Å². The summed E-state index contributed by atoms with van der Waals surface area (Å²) < 4.78 is 15.8. The third-order valence-electron chi connectivity index (χ3n) is 3.88. The van der Waals surface area contributed by atoms with Crippen molar-refractivity contribution in [3.63, 3.8) is 0 Å². The Balaban J connectivity index is 3.23. The van der Waals surface area contributed by atoms with E-state index in [0.29, 0.717) is 0 Å². The maximum absolute atomic E-state index is 12.8. The summed E-state index contributed by atoms with van der Waals surface area (Å²) in [5.41, 5.74) is -2.82. The van der Waals surface area contributed by atoms with E-state index in [0.717, 1.165) is 0 Å². The second-order valence-corrected chi connectivity index (χ2v) is 8.55. The molecule has 0 spiro atoms. The van der Waals surface area contributed by atoms with Crippen LogP contribution in [0.15, 0.2) is 12.7 Å². The molecule has 0 N–H and O–H groups in total. The van der Waals surface area contributed by atoms with Gasteiger partial charge in [-0.25, -0.2) is 14.4 Å². The van der Waals surface area contributed by atoms with Crippen LogP contribution in [0.1, 0.15) is 48.0 Å². The number of methoxy groups -OCH3 is 1. The number of hydrogen-bond acceptors (Lipinski definition) is 6. The first-order chi connectivity index (χ1) is 12.3. The van der Waals surface area contributed by atoms with Crippen LogP contribution >= 0.6 is 0 Å². The lowest BCUT2D eigenvalue weighted by molar-refractivity contribution is -0.159. The standard InChI is InChI=1S/C19H32N2O6/c1-9-10-19(14(22)25-8)13-20(15(23)26-17(2,3)4)11-12-21(19)16(24)27-18(5,6)7/h9H,1,10-13H2,2-8H3. The highest BCUT2D eigenvalue weighted by Crippen LogP contribution is 2.30. The first-order valence-corrected chi connectivity index (χ1v) is 8.93. The van der Waals surface area contributed by atoms with Crippen LogP contribution < -0.4 is 0 Å². The molecule has 1 unspecified atom stereocenters. The molecule has 0 aromatic rings. The van der Waals surface area contributed by atoms with Crippen molar-refractivity contribution in [1.82, 2.24) is 9.80 Å². The molecule has 1 fully saturated rings. The number of ether oxygens (including phenoxy) is 3. The van der Waals surface area contributed by atoms with Gasteiger partial charge in [0.1, 0.15) is 11.2 Å². The number of piperazine rings is 1. The molecule has 8 heteroatoms. The van der Waals surface area contributed by atoms with Crippen LogP contribution in [0.2, 0.25) is 0 Å². The Bertz CT molecular complexity index is 590. The molecular weight excluding hydrogens is 352 g/mol. The van der Waals surface area contributed by atoms with Gasteiger partial charge in [-0.1, -0.05) is 6.08 Å². The molecule has 1 aliphatic heterocycles. The zero-order valence-electron chi connectivity index (χ0n) is 17.5. The highest BCUT2D eigenvalue weighted by atomic mass is 16.6. The zero-order chi connectivity index (χ0) is 21.0. The Labute approximate surface area is 161 Å². The summed E-state index contributed by atoms with van der Waals surface area (Å²) in [4.78, 5) is 40.7. The molecule has 8 nitrogen and oxygen atoms in total. The van der Waals surface area contributed by atoms with Gasteiger partial charge in [0.15, 0.2) is 5.54 Å². The highest BCUT2D eigenvalue weighted by Gasteiger charge is 2.53. The van der Waals surface area contributed by atoms with Gasteiger partial charge in [0.2, 0.25) is 0 Å². The summed E-state index contributed by atoms with van der Waals surface area (Å²) in [6.45, 7) is 14.5. The number of rotatable bonds is 3. The van der Waals surface area contributed by atoms with Crippen molar-refractivity contribution in [2.75, 3.05) is 26.7 Å². The maximum atomic E-state index is 12.8. The van der Waals surface area contributed by atoms with E-state index in [1.54, 1.807) is 41.5 Å². The Morgan fingerprint density at radius 3 is 1.96 bits per heavy atom. The zero-order valence-corrected chi connectivity index (χ0v) is 17.5. The van der Waals surface area contributed by atoms with Crippen molar-refractivity contribution in [2.45, 2.75) is 64.7 Å². The van der Waals surface area contributed by atoms with Crippen molar-refractivity contribution in [2.24, 2.45) is 0 Å². The molecule has 27 heavy (non-hydrogen) atoms. The number of esters is 1. The van der Waals surface area contributed by atoms with E-state index in [4.69, 9.17) is 14.2 Å². The lowest BCUT2D eigenvalue weighted by Crippen LogP contribution is -2.69. The molecule has 0 aromatic heterocycles. The quantitative estimate of drug-likeness (QED) is 0.422. The smallest absolute Gasteiger partial charge is 0.411 e. The Morgan fingerprint density at radius 2 is 1.52 bits per heavy atom. The maximum Gasteiger partial charge on any atom is 0.411 e. The van der Waals surface area contributed by atoms with Crippen LogP contribution in [-0.2, 0) is 19.0 Å². The average Bonchev–Trinajstić information content (AvgIpc) is 2.50. The molecule has 2 amide bonds. The van der Waals surface area contributed by atoms with Gasteiger partial charge < -0.3 is 19.1 Å². The molecule has 1 rings (SSSR count). The predicted molar refractivity (Wildman–Crippen MR) is 100 cm³/mol. The van der Waals surface area contributed by atoms with Gasteiger partial charge in [-0.05, 0) is 41.5 Å². The number of amides is 2. The van der Waals surface area contributed by atoms with Crippen LogP contribution in [0.4, 0.5) is 9.59 Å². The molecule has 1 atom stereocenters. The van der Waals surface area contributed by atoms with E-state index < -0.39 is 34.9 Å². The van der Waals surface area contributed by atoms with Gasteiger partial charge in [0, 0.05) is 19.5 Å². The van der Waals surface area contributed by atoms with Gasteiger partial charge in [0.05, 0.1) is 13.7 Å². The average molecular weight is 384 g/mol. The predicted octanol–water partition coefficient (Wildman–Crippen LogP) is 2.96. The van der Waals surface area contributed by atoms with Gasteiger partial charge in [-0.2, -0.15) is 0 Å². The van der Waals surface area contributed by atoms with E-state index in [9.17, 15) is 14.4 Å². The van der Waals surface area contributed by atoms with E-state index >= 15 is 0 Å². The van der Waals surface area contributed by atoms with Crippen molar-refractivity contribution in [3.8, 4) is 0 Å². The van der Waals surface area contributed by atoms with Crippen molar-refractivity contribution < 1.29 is 28.6 Å². The molecule has 0 aliphatic carbocycles. The minimum atomic E-state index is -1.42. The molecule has 1 saturated heterocycles. The van der Waals surface area contributed by atoms with Crippen molar-refractivity contribution >= 4 is 18.2 Å². The van der Waals surface area contributed by atoms with Crippen molar-refractivity contribution in [3.05, 3.63) is 12.7 Å². The van der Waals surface area contributed by atoms with E-state index in [-0.39, 0.29) is 26.1 Å². The fourth-order valence-electron chi connectivity index (χ4n) is 2.84. The molecular formula is C19H32N2O6. The lowest BCUT2D eigenvalue weighted by Gasteiger charge is -2.48. The SMILES string of the molecule is C=CCC1(C(=O)OC)CN(C(=O)OC(C)(C)C)CCN1C(=O)OC(C)(C)C. The largest absolute Gasteiger partial charge is 0.467 e. The van der Waals surface area contributed by atoms with E-state index in [1.165, 1.54) is 23.0 Å². The molecule has 0 bridgehead atoms. The topological polar surface area (TPSA) is 85.4 Å². The summed E-state index contributed by atoms with van der Waals surface area (Å²) in [6.07, 6.45) is 0.438. The summed E-state index contributed by atoms with van der Waals surface area (Å²) in [7, 11) is 1.24. The molecule has 1 aliphatic rings. The van der Waals surface area contributed by atoms with Crippen LogP contribution in [-0.4, -0.2) is 71.4 Å². The molecule has 0 aromatic carbocycles. The second-order valence-electron chi connectivity index (χ2n) is 8.55. The third kappa shape index (κ3) is 5.87. The fraction of sp³-hybridized carbons (Fsp3) is 0.737. The van der Waals surface area contributed by atoms with E-state index in [2.05, 4.69) is 6.58 Å². The summed E-state index contributed by atoms with van der Waals surface area (Å²) in [6, 6.07) is 0.